The van der Waals surface area contributed by atoms with Crippen molar-refractivity contribution in [1.82, 2.24) is 9.13 Å². The van der Waals surface area contributed by atoms with Crippen LogP contribution in [-0.2, 0) is 16.2 Å². The summed E-state index contributed by atoms with van der Waals surface area (Å²) in [6.45, 7) is 21.1. The maximum Gasteiger partial charge on any atom is 0.139 e. The Kier molecular flexibility index (Phi) is 8.54. The van der Waals surface area contributed by atoms with Gasteiger partial charge in [0.2, 0.25) is 0 Å². The molecule has 270 valence electrons. The molecule has 0 amide bonds. The quantitative estimate of drug-likeness (QED) is 0.235. The van der Waals surface area contributed by atoms with Crippen molar-refractivity contribution in [3.05, 3.63) is 114 Å². The van der Waals surface area contributed by atoms with Crippen molar-refractivity contribution < 1.29 is 0 Å². The Morgan fingerprint density at radius 1 is 0.418 bits per heavy atom. The molecule has 0 saturated heterocycles. The summed E-state index contributed by atoms with van der Waals surface area (Å²) in [4.78, 5) is 0. The second kappa shape index (κ2) is 12.6. The predicted octanol–water partition coefficient (Wildman–Crippen LogP) is 4.73. The van der Waals surface area contributed by atoms with Crippen LogP contribution in [0, 0.1) is 0 Å². The molecule has 2 aromatic heterocycles. The smallest absolute Gasteiger partial charge is 0.139 e. The summed E-state index contributed by atoms with van der Waals surface area (Å²) in [5, 5.41) is 5.30. The highest BCUT2D eigenvalue weighted by Gasteiger charge is 2.30. The van der Waals surface area contributed by atoms with Crippen LogP contribution in [-0.4, -0.2) is 48.4 Å². The van der Waals surface area contributed by atoms with Gasteiger partial charge in [0.05, 0.1) is 27.8 Å². The lowest BCUT2D eigenvalue weighted by atomic mass is 9.59. The van der Waals surface area contributed by atoms with Crippen LogP contribution in [0.4, 0.5) is 0 Å². The van der Waals surface area contributed by atoms with Crippen molar-refractivity contribution in [2.45, 2.75) is 78.6 Å². The van der Waals surface area contributed by atoms with Gasteiger partial charge in [-0.05, 0) is 98.7 Å². The van der Waals surface area contributed by atoms with E-state index in [1.807, 2.05) is 0 Å². The van der Waals surface area contributed by atoms with E-state index in [4.69, 9.17) is 0 Å². The minimum Gasteiger partial charge on any atom is -0.309 e. The van der Waals surface area contributed by atoms with Crippen LogP contribution in [0.25, 0.3) is 66.1 Å². The fourth-order valence-corrected chi connectivity index (χ4v) is 9.27. The van der Waals surface area contributed by atoms with E-state index >= 15 is 0 Å². The lowest BCUT2D eigenvalue weighted by Gasteiger charge is -2.27. The first-order valence-corrected chi connectivity index (χ1v) is 20.1. The van der Waals surface area contributed by atoms with E-state index in [-0.39, 0.29) is 16.2 Å². The Labute approximate surface area is 332 Å². The first-order chi connectivity index (χ1) is 25.8. The summed E-state index contributed by atoms with van der Waals surface area (Å²) in [5.74, 6) is 0. The van der Waals surface area contributed by atoms with Crippen LogP contribution < -0.4 is 27.3 Å². The van der Waals surface area contributed by atoms with Crippen LogP contribution in [0.15, 0.2) is 97.1 Å². The van der Waals surface area contributed by atoms with E-state index in [2.05, 4.69) is 208 Å². The minimum atomic E-state index is -0.194. The van der Waals surface area contributed by atoms with Gasteiger partial charge < -0.3 is 9.13 Å². The molecule has 8 aromatic rings. The Morgan fingerprint density at radius 2 is 0.909 bits per heavy atom. The zero-order valence-corrected chi connectivity index (χ0v) is 35.6. The first kappa shape index (κ1) is 37.2. The van der Waals surface area contributed by atoms with Gasteiger partial charge in [-0.15, -0.1) is 16.4 Å². The van der Waals surface area contributed by atoms with Gasteiger partial charge in [-0.3, -0.25) is 0 Å². The normalized spacial score (nSPS) is 12.8. The molecule has 0 N–H and O–H groups in total. The van der Waals surface area contributed by atoms with Gasteiger partial charge in [0.15, 0.2) is 0 Å². The summed E-state index contributed by atoms with van der Waals surface area (Å²) in [5.41, 5.74) is 21.0. The van der Waals surface area contributed by atoms with Crippen molar-refractivity contribution in [2.24, 2.45) is 0 Å². The molecule has 55 heavy (non-hydrogen) atoms. The maximum atomic E-state index is 2.58. The molecule has 0 fully saturated rings. The number of rotatable bonds is 3. The predicted molar refractivity (Wildman–Crippen MR) is 258 cm³/mol. The monoisotopic (exact) mass is 712 g/mol. The molecule has 0 aliphatic rings. The average molecular weight is 712 g/mol. The second-order valence-corrected chi connectivity index (χ2v) is 19.3. The summed E-state index contributed by atoms with van der Waals surface area (Å²) < 4.78 is 5.08. The molecule has 0 aliphatic heterocycles. The highest BCUT2D eigenvalue weighted by molar-refractivity contribution is 6.69. The van der Waals surface area contributed by atoms with E-state index in [0.717, 1.165) is 0 Å². The van der Waals surface area contributed by atoms with Crippen molar-refractivity contribution in [3.8, 4) is 22.5 Å². The molecular formula is C48H53B5N2. The van der Waals surface area contributed by atoms with Gasteiger partial charge in [0.25, 0.3) is 0 Å². The molecule has 0 aliphatic carbocycles. The molecule has 0 unspecified atom stereocenters. The molecule has 2 heterocycles. The summed E-state index contributed by atoms with van der Waals surface area (Å²) in [7, 11) is 11.5. The van der Waals surface area contributed by atoms with Gasteiger partial charge in [0, 0.05) is 27.2 Å². The fourth-order valence-electron chi connectivity index (χ4n) is 9.27. The zero-order chi connectivity index (χ0) is 39.5. The SMILES string of the molecule is Bc1c(B)c(B)c(-c2cccc3c2c2c(C(C)(C)C)c(-n4c5ccc(C(C)(C)C)cc5c5cc(C(C)(C)C)ccc54)ccc2n3-c2ccccc2)c(B)c1B. The second-order valence-electron chi connectivity index (χ2n) is 19.3. The molecule has 6 aromatic carbocycles. The third-order valence-electron chi connectivity index (χ3n) is 12.7. The summed E-state index contributed by atoms with van der Waals surface area (Å²) in [6.07, 6.45) is 0. The number of hydrogen-bond acceptors (Lipinski definition) is 0. The molecule has 0 atom stereocenters. The third-order valence-corrected chi connectivity index (χ3v) is 12.7. The standard InChI is InChI=1S/C48H53B5N2/c1-46(2,3)26-18-20-32-30(24-26)31-25-27(47(4,5)6)19-21-33(31)55(32)36-23-22-35-39(40(36)48(7,8)9)37-29(38-41(49)43(51)45(53)44(52)42(38)50)16-13-17-34(37)54(35)28-14-11-10-12-15-28/h10-25H,49-53H2,1-9H3. The number of fused-ring (bicyclic) bond motifs is 6. The van der Waals surface area contributed by atoms with Gasteiger partial charge in [0.1, 0.15) is 39.2 Å². The highest BCUT2D eigenvalue weighted by Crippen LogP contribution is 2.47. The van der Waals surface area contributed by atoms with Crippen molar-refractivity contribution in [3.63, 3.8) is 0 Å². The fraction of sp³-hybridized carbons (Fsp3) is 0.250. The molecule has 0 radical (unpaired) electrons. The topological polar surface area (TPSA) is 9.86 Å². The Morgan fingerprint density at radius 3 is 1.42 bits per heavy atom. The van der Waals surface area contributed by atoms with E-state index < -0.39 is 0 Å². The van der Waals surface area contributed by atoms with E-state index in [1.54, 1.807) is 0 Å². The summed E-state index contributed by atoms with van der Waals surface area (Å²) >= 11 is 0. The van der Waals surface area contributed by atoms with E-state index in [0.29, 0.717) is 0 Å². The van der Waals surface area contributed by atoms with Crippen LogP contribution in [0.5, 0.6) is 0 Å². The van der Waals surface area contributed by atoms with Crippen molar-refractivity contribution in [1.29, 1.82) is 0 Å². The lowest BCUT2D eigenvalue weighted by Crippen LogP contribution is -2.55. The Bertz CT molecular complexity index is 2760. The molecule has 7 heteroatoms. The molecule has 2 nitrogen and oxygen atoms in total. The Balaban J connectivity index is 1.60. The maximum absolute atomic E-state index is 2.58. The van der Waals surface area contributed by atoms with Crippen molar-refractivity contribution >= 4 is 110 Å². The van der Waals surface area contributed by atoms with Crippen LogP contribution in [0.3, 0.4) is 0 Å². The molecule has 0 bridgehead atoms. The number of hydrogen-bond donors (Lipinski definition) is 0. The van der Waals surface area contributed by atoms with E-state index in [9.17, 15) is 0 Å². The third kappa shape index (κ3) is 5.75. The van der Waals surface area contributed by atoms with Gasteiger partial charge in [-0.1, -0.05) is 116 Å². The number of benzene rings is 6. The van der Waals surface area contributed by atoms with Crippen molar-refractivity contribution in [2.75, 3.05) is 0 Å². The molecule has 0 spiro atoms. The van der Waals surface area contributed by atoms with Crippen LogP contribution >= 0.6 is 0 Å². The van der Waals surface area contributed by atoms with Gasteiger partial charge in [-0.25, -0.2) is 0 Å². The van der Waals surface area contributed by atoms with Crippen LogP contribution in [0.2, 0.25) is 0 Å². The first-order valence-electron chi connectivity index (χ1n) is 20.1. The Hall–Kier alpha value is -4.76. The number of nitrogens with zero attached hydrogens (tertiary/aromatic N) is 2. The summed E-state index contributed by atoms with van der Waals surface area (Å²) in [6, 6.07) is 37.1. The molecule has 8 rings (SSSR count). The average Bonchev–Trinajstić information content (AvgIpc) is 3.64. The lowest BCUT2D eigenvalue weighted by molar-refractivity contribution is 0.590. The minimum absolute atomic E-state index is 0.0400. The highest BCUT2D eigenvalue weighted by atomic mass is 15.0. The largest absolute Gasteiger partial charge is 0.309 e. The molecular weight excluding hydrogens is 659 g/mol. The number of aromatic nitrogens is 2. The van der Waals surface area contributed by atoms with Gasteiger partial charge in [-0.2, -0.15) is 0 Å². The van der Waals surface area contributed by atoms with Gasteiger partial charge >= 0.3 is 0 Å². The van der Waals surface area contributed by atoms with E-state index in [1.165, 1.54) is 110 Å². The molecule has 0 saturated carbocycles. The zero-order valence-electron chi connectivity index (χ0n) is 35.6. The van der Waals surface area contributed by atoms with Crippen LogP contribution in [0.1, 0.15) is 79.0 Å². The number of para-hydroxylation sites is 1.